The molecule has 0 bridgehead atoms. The summed E-state index contributed by atoms with van der Waals surface area (Å²) in [6, 6.07) is 2.09. The number of carbonyl (C=O) groups excluding carboxylic acids is 2. The number of ether oxygens (including phenoxy) is 1. The third kappa shape index (κ3) is 3.83. The van der Waals surface area contributed by atoms with Gasteiger partial charge in [0.15, 0.2) is 0 Å². The SMILES string of the molecule is CCN(CCN1C(=O)CS[C@H]1c1sccc1C)C(=O)COC. The third-order valence-electron chi connectivity index (χ3n) is 3.71. The molecule has 0 saturated carbocycles. The standard InChI is InChI=1S/C15H22N2O3S2/c1-4-16(12(18)9-20-3)6-7-17-13(19)10-22-15(17)14-11(2)5-8-21-14/h5,8,15H,4,6-7,9-10H2,1-3H3/t15-/m0/s1. The zero-order valence-electron chi connectivity index (χ0n) is 13.2. The highest BCUT2D eigenvalue weighted by molar-refractivity contribution is 8.00. The van der Waals surface area contributed by atoms with Crippen LogP contribution in [0.4, 0.5) is 0 Å². The molecule has 22 heavy (non-hydrogen) atoms. The smallest absolute Gasteiger partial charge is 0.248 e. The molecule has 1 fully saturated rings. The number of thiophene rings is 1. The molecule has 5 nitrogen and oxygen atoms in total. The van der Waals surface area contributed by atoms with E-state index in [0.717, 1.165) is 0 Å². The van der Waals surface area contributed by atoms with Crippen molar-refractivity contribution >= 4 is 34.9 Å². The lowest BCUT2D eigenvalue weighted by molar-refractivity contribution is -0.136. The van der Waals surface area contributed by atoms with Gasteiger partial charge in [-0.05, 0) is 30.9 Å². The number of aryl methyl sites for hydroxylation is 1. The van der Waals surface area contributed by atoms with Gasteiger partial charge < -0.3 is 14.5 Å². The Morgan fingerprint density at radius 3 is 2.91 bits per heavy atom. The van der Waals surface area contributed by atoms with Crippen molar-refractivity contribution < 1.29 is 14.3 Å². The molecule has 1 aliphatic rings. The van der Waals surface area contributed by atoms with Crippen molar-refractivity contribution in [2.45, 2.75) is 19.2 Å². The third-order valence-corrected chi connectivity index (χ3v) is 6.15. The van der Waals surface area contributed by atoms with E-state index in [4.69, 9.17) is 4.74 Å². The molecule has 0 radical (unpaired) electrons. The van der Waals surface area contributed by atoms with Crippen molar-refractivity contribution in [2.24, 2.45) is 0 Å². The molecule has 0 aromatic carbocycles. The number of likely N-dealkylation sites (N-methyl/N-ethyl adjacent to an activating group) is 1. The van der Waals surface area contributed by atoms with Gasteiger partial charge in [-0.1, -0.05) is 0 Å². The van der Waals surface area contributed by atoms with Gasteiger partial charge in [0.05, 0.1) is 5.75 Å². The van der Waals surface area contributed by atoms with E-state index in [9.17, 15) is 9.59 Å². The van der Waals surface area contributed by atoms with Crippen molar-refractivity contribution in [1.29, 1.82) is 0 Å². The van der Waals surface area contributed by atoms with Gasteiger partial charge in [0, 0.05) is 31.6 Å². The second-order valence-electron chi connectivity index (χ2n) is 5.12. The molecular formula is C15H22N2O3S2. The Hall–Kier alpha value is -1.05. The zero-order valence-corrected chi connectivity index (χ0v) is 14.8. The maximum atomic E-state index is 12.2. The molecule has 1 saturated heterocycles. The van der Waals surface area contributed by atoms with E-state index in [0.29, 0.717) is 25.4 Å². The summed E-state index contributed by atoms with van der Waals surface area (Å²) < 4.78 is 4.90. The molecule has 1 aromatic rings. The van der Waals surface area contributed by atoms with Crippen LogP contribution in [0.1, 0.15) is 22.7 Å². The summed E-state index contributed by atoms with van der Waals surface area (Å²) in [5.74, 6) is 0.631. The molecule has 7 heteroatoms. The monoisotopic (exact) mass is 342 g/mol. The second-order valence-corrected chi connectivity index (χ2v) is 7.14. The predicted molar refractivity (Wildman–Crippen MR) is 90.1 cm³/mol. The molecule has 2 amide bonds. The molecule has 1 atom stereocenters. The normalized spacial score (nSPS) is 18.0. The van der Waals surface area contributed by atoms with E-state index in [1.54, 1.807) is 28.0 Å². The molecule has 0 unspecified atom stereocenters. The molecule has 2 heterocycles. The van der Waals surface area contributed by atoms with Crippen LogP contribution < -0.4 is 0 Å². The van der Waals surface area contributed by atoms with Crippen molar-refractivity contribution in [2.75, 3.05) is 39.1 Å². The molecule has 2 rings (SSSR count). The van der Waals surface area contributed by atoms with Gasteiger partial charge in [-0.3, -0.25) is 9.59 Å². The van der Waals surface area contributed by atoms with Crippen molar-refractivity contribution in [3.8, 4) is 0 Å². The first kappa shape index (κ1) is 17.3. The highest BCUT2D eigenvalue weighted by atomic mass is 32.2. The van der Waals surface area contributed by atoms with Crippen LogP contribution >= 0.6 is 23.1 Å². The molecule has 1 aliphatic heterocycles. The topological polar surface area (TPSA) is 49.9 Å². The predicted octanol–water partition coefficient (Wildman–Crippen LogP) is 2.13. The number of amides is 2. The quantitative estimate of drug-likeness (QED) is 0.762. The van der Waals surface area contributed by atoms with Crippen molar-refractivity contribution in [1.82, 2.24) is 9.80 Å². The minimum absolute atomic E-state index is 0.0341. The minimum atomic E-state index is -0.0341. The summed E-state index contributed by atoms with van der Waals surface area (Å²) in [6.45, 7) is 5.84. The summed E-state index contributed by atoms with van der Waals surface area (Å²) in [4.78, 5) is 29.0. The van der Waals surface area contributed by atoms with E-state index in [1.165, 1.54) is 17.6 Å². The van der Waals surface area contributed by atoms with E-state index >= 15 is 0 Å². The van der Waals surface area contributed by atoms with E-state index in [2.05, 4.69) is 18.4 Å². The first-order valence-electron chi connectivity index (χ1n) is 7.30. The Bertz CT molecular complexity index is 533. The molecular weight excluding hydrogens is 320 g/mol. The van der Waals surface area contributed by atoms with Gasteiger partial charge in [-0.25, -0.2) is 0 Å². The van der Waals surface area contributed by atoms with Gasteiger partial charge >= 0.3 is 0 Å². The molecule has 0 N–H and O–H groups in total. The fourth-order valence-corrected chi connectivity index (χ4v) is 4.95. The Morgan fingerprint density at radius 1 is 1.55 bits per heavy atom. The maximum Gasteiger partial charge on any atom is 0.248 e. The van der Waals surface area contributed by atoms with Crippen LogP contribution in [0.3, 0.4) is 0 Å². The first-order chi connectivity index (χ1) is 10.6. The lowest BCUT2D eigenvalue weighted by atomic mass is 10.2. The van der Waals surface area contributed by atoms with Crippen LogP contribution in [0.15, 0.2) is 11.4 Å². The largest absolute Gasteiger partial charge is 0.375 e. The van der Waals surface area contributed by atoms with Crippen LogP contribution in [0.2, 0.25) is 0 Å². The second kappa shape index (κ2) is 7.99. The number of thioether (sulfide) groups is 1. The summed E-state index contributed by atoms with van der Waals surface area (Å²) in [6.07, 6.45) is 0. The van der Waals surface area contributed by atoms with Gasteiger partial charge in [0.25, 0.3) is 0 Å². The summed E-state index contributed by atoms with van der Waals surface area (Å²) in [5.41, 5.74) is 1.23. The van der Waals surface area contributed by atoms with E-state index < -0.39 is 0 Å². The maximum absolute atomic E-state index is 12.2. The van der Waals surface area contributed by atoms with Crippen LogP contribution in [0, 0.1) is 6.92 Å². The fraction of sp³-hybridized carbons (Fsp3) is 0.600. The highest BCUT2D eigenvalue weighted by Crippen LogP contribution is 2.41. The Morgan fingerprint density at radius 2 is 2.32 bits per heavy atom. The van der Waals surface area contributed by atoms with Crippen LogP contribution in [0.5, 0.6) is 0 Å². The van der Waals surface area contributed by atoms with E-state index in [1.807, 2.05) is 11.8 Å². The number of methoxy groups -OCH3 is 1. The summed E-state index contributed by atoms with van der Waals surface area (Å²) in [7, 11) is 1.52. The lowest BCUT2D eigenvalue weighted by Crippen LogP contribution is -2.41. The van der Waals surface area contributed by atoms with Gasteiger partial charge in [-0.2, -0.15) is 0 Å². The van der Waals surface area contributed by atoms with Crippen molar-refractivity contribution in [3.05, 3.63) is 21.9 Å². The highest BCUT2D eigenvalue weighted by Gasteiger charge is 2.34. The number of hydrogen-bond acceptors (Lipinski definition) is 5. The molecule has 0 aliphatic carbocycles. The van der Waals surface area contributed by atoms with Crippen LogP contribution in [0.25, 0.3) is 0 Å². The average Bonchev–Trinajstić information content (AvgIpc) is 3.06. The Kier molecular flexibility index (Phi) is 6.28. The number of nitrogens with zero attached hydrogens (tertiary/aromatic N) is 2. The van der Waals surface area contributed by atoms with Gasteiger partial charge in [-0.15, -0.1) is 23.1 Å². The van der Waals surface area contributed by atoms with Gasteiger partial charge in [0.2, 0.25) is 11.8 Å². The van der Waals surface area contributed by atoms with E-state index in [-0.39, 0.29) is 23.8 Å². The summed E-state index contributed by atoms with van der Waals surface area (Å²) >= 11 is 3.36. The Labute approximate surface area is 139 Å². The fourth-order valence-electron chi connectivity index (χ4n) is 2.45. The van der Waals surface area contributed by atoms with Crippen molar-refractivity contribution in [3.63, 3.8) is 0 Å². The van der Waals surface area contributed by atoms with Gasteiger partial charge in [0.1, 0.15) is 12.0 Å². The number of rotatable bonds is 7. The zero-order chi connectivity index (χ0) is 16.1. The van der Waals surface area contributed by atoms with Crippen LogP contribution in [-0.2, 0) is 14.3 Å². The number of carbonyl (C=O) groups is 2. The summed E-state index contributed by atoms with van der Waals surface area (Å²) in [5, 5.41) is 2.15. The Balaban J connectivity index is 2.01. The molecule has 1 aromatic heterocycles. The molecule has 0 spiro atoms. The first-order valence-corrected chi connectivity index (χ1v) is 9.23. The van der Waals surface area contributed by atoms with Crippen LogP contribution in [-0.4, -0.2) is 60.7 Å². The lowest BCUT2D eigenvalue weighted by Gasteiger charge is -2.28. The number of hydrogen-bond donors (Lipinski definition) is 0. The molecule has 122 valence electrons. The average molecular weight is 342 g/mol. The minimum Gasteiger partial charge on any atom is -0.375 e.